The number of primary amides is 1. The van der Waals surface area contributed by atoms with Gasteiger partial charge < -0.3 is 11.1 Å². The van der Waals surface area contributed by atoms with Crippen LogP contribution in [-0.2, 0) is 4.79 Å². The fraction of sp³-hybridized carbons (Fsp3) is 0.917. The van der Waals surface area contributed by atoms with Crippen LogP contribution >= 0.6 is 11.8 Å². The third kappa shape index (κ3) is 3.14. The largest absolute Gasteiger partial charge is 0.368 e. The number of carbonyl (C=O) groups is 1. The molecule has 1 rings (SSSR count). The Hall–Kier alpha value is -0.220. The van der Waals surface area contributed by atoms with Gasteiger partial charge in [0.2, 0.25) is 5.91 Å². The van der Waals surface area contributed by atoms with Crippen LogP contribution in [0.3, 0.4) is 0 Å². The normalized spacial score (nSPS) is 21.4. The van der Waals surface area contributed by atoms with E-state index in [0.29, 0.717) is 11.8 Å². The van der Waals surface area contributed by atoms with E-state index in [1.54, 1.807) is 0 Å². The highest BCUT2D eigenvalue weighted by atomic mass is 32.2. The minimum atomic E-state index is -0.460. The van der Waals surface area contributed by atoms with Crippen LogP contribution in [0.4, 0.5) is 0 Å². The smallest absolute Gasteiger partial charge is 0.238 e. The van der Waals surface area contributed by atoms with Gasteiger partial charge in [0.05, 0.1) is 0 Å². The summed E-state index contributed by atoms with van der Waals surface area (Å²) in [5, 5.41) is 3.17. The number of hydrogen-bond acceptors (Lipinski definition) is 3. The molecule has 2 unspecified atom stereocenters. The van der Waals surface area contributed by atoms with E-state index in [1.165, 1.54) is 6.42 Å². The van der Waals surface area contributed by atoms with Gasteiger partial charge in [0.25, 0.3) is 0 Å². The predicted octanol–water partition coefficient (Wildman–Crippen LogP) is 1.62. The van der Waals surface area contributed by atoms with Crippen LogP contribution in [0.1, 0.15) is 33.1 Å². The summed E-state index contributed by atoms with van der Waals surface area (Å²) in [6.45, 7) is 4.45. The maximum Gasteiger partial charge on any atom is 0.238 e. The number of likely N-dealkylation sites (N-methyl/N-ethyl adjacent to an activating group) is 1. The lowest BCUT2D eigenvalue weighted by molar-refractivity contribution is -0.124. The summed E-state index contributed by atoms with van der Waals surface area (Å²) < 4.78 is 0. The Kier molecular flexibility index (Phi) is 5.12. The highest BCUT2D eigenvalue weighted by Crippen LogP contribution is 2.41. The van der Waals surface area contributed by atoms with Crippen LogP contribution in [-0.4, -0.2) is 30.0 Å². The van der Waals surface area contributed by atoms with E-state index in [0.717, 1.165) is 24.3 Å². The van der Waals surface area contributed by atoms with Gasteiger partial charge >= 0.3 is 0 Å². The highest BCUT2D eigenvalue weighted by molar-refractivity contribution is 7.99. The molecule has 0 saturated heterocycles. The van der Waals surface area contributed by atoms with Gasteiger partial charge in [-0.05, 0) is 37.5 Å². The molecule has 0 aromatic rings. The Morgan fingerprint density at radius 1 is 1.62 bits per heavy atom. The predicted molar refractivity (Wildman–Crippen MR) is 70.5 cm³/mol. The van der Waals surface area contributed by atoms with Crippen LogP contribution < -0.4 is 11.1 Å². The first-order chi connectivity index (χ1) is 7.56. The van der Waals surface area contributed by atoms with E-state index in [4.69, 9.17) is 5.73 Å². The molecular formula is C12H24N2OS. The summed E-state index contributed by atoms with van der Waals surface area (Å²) in [6.07, 6.45) is 3.46. The summed E-state index contributed by atoms with van der Waals surface area (Å²) in [5.74, 6) is 2.91. The average Bonchev–Trinajstić information content (AvgIpc) is 3.08. The minimum absolute atomic E-state index is 0.186. The van der Waals surface area contributed by atoms with E-state index in [-0.39, 0.29) is 5.91 Å². The van der Waals surface area contributed by atoms with Crippen molar-refractivity contribution < 1.29 is 4.79 Å². The van der Waals surface area contributed by atoms with E-state index in [2.05, 4.69) is 19.2 Å². The number of nitrogens with one attached hydrogen (secondary N) is 1. The third-order valence-electron chi connectivity index (χ3n) is 3.59. The van der Waals surface area contributed by atoms with E-state index in [1.807, 2.05) is 18.8 Å². The van der Waals surface area contributed by atoms with E-state index >= 15 is 0 Å². The fourth-order valence-electron chi connectivity index (χ4n) is 1.90. The second kappa shape index (κ2) is 5.92. The first-order valence-electron chi connectivity index (χ1n) is 6.13. The molecule has 0 aliphatic heterocycles. The summed E-state index contributed by atoms with van der Waals surface area (Å²) in [7, 11) is 1.85. The van der Waals surface area contributed by atoms with Gasteiger partial charge in [-0.15, -0.1) is 0 Å². The number of rotatable bonds is 8. The van der Waals surface area contributed by atoms with Crippen molar-refractivity contribution in [2.24, 2.45) is 17.6 Å². The minimum Gasteiger partial charge on any atom is -0.368 e. The van der Waals surface area contributed by atoms with Gasteiger partial charge in [-0.3, -0.25) is 4.79 Å². The SMILES string of the molecule is CCC(C)CSCC(NC)(C(N)=O)C1CC1. The molecule has 0 bridgehead atoms. The second-order valence-corrected chi connectivity index (χ2v) is 5.92. The van der Waals surface area contributed by atoms with Crippen molar-refractivity contribution >= 4 is 17.7 Å². The van der Waals surface area contributed by atoms with Crippen molar-refractivity contribution in [1.29, 1.82) is 0 Å². The quantitative estimate of drug-likeness (QED) is 0.682. The Bertz CT molecular complexity index is 243. The zero-order valence-corrected chi connectivity index (χ0v) is 11.4. The molecule has 0 aromatic heterocycles. The molecule has 0 aromatic carbocycles. The molecular weight excluding hydrogens is 220 g/mol. The second-order valence-electron chi connectivity index (χ2n) is 4.89. The van der Waals surface area contributed by atoms with Crippen LogP contribution in [0.2, 0.25) is 0 Å². The van der Waals surface area contributed by atoms with Crippen molar-refractivity contribution in [2.45, 2.75) is 38.6 Å². The molecule has 0 heterocycles. The van der Waals surface area contributed by atoms with E-state index in [9.17, 15) is 4.79 Å². The van der Waals surface area contributed by atoms with Crippen molar-refractivity contribution in [2.75, 3.05) is 18.6 Å². The van der Waals surface area contributed by atoms with Gasteiger partial charge in [-0.25, -0.2) is 0 Å². The number of nitrogens with two attached hydrogens (primary N) is 1. The molecule has 1 aliphatic rings. The maximum absolute atomic E-state index is 11.6. The zero-order valence-electron chi connectivity index (χ0n) is 10.6. The van der Waals surface area contributed by atoms with Crippen LogP contribution in [0.25, 0.3) is 0 Å². The van der Waals surface area contributed by atoms with Gasteiger partial charge in [0, 0.05) is 5.75 Å². The Balaban J connectivity index is 2.47. The first kappa shape index (κ1) is 13.8. The molecule has 3 N–H and O–H groups in total. The first-order valence-corrected chi connectivity index (χ1v) is 7.28. The maximum atomic E-state index is 11.6. The van der Waals surface area contributed by atoms with Crippen molar-refractivity contribution in [1.82, 2.24) is 5.32 Å². The number of hydrogen-bond donors (Lipinski definition) is 2. The Labute approximate surface area is 103 Å². The molecule has 0 radical (unpaired) electrons. The van der Waals surface area contributed by atoms with Gasteiger partial charge in [0.1, 0.15) is 5.54 Å². The summed E-state index contributed by atoms with van der Waals surface area (Å²) >= 11 is 1.85. The lowest BCUT2D eigenvalue weighted by Crippen LogP contribution is -2.58. The summed E-state index contributed by atoms with van der Waals surface area (Å²) in [6, 6.07) is 0. The summed E-state index contributed by atoms with van der Waals surface area (Å²) in [5.41, 5.74) is 5.10. The highest BCUT2D eigenvalue weighted by Gasteiger charge is 2.48. The number of carbonyl (C=O) groups excluding carboxylic acids is 1. The lowest BCUT2D eigenvalue weighted by Gasteiger charge is -2.30. The lowest BCUT2D eigenvalue weighted by atomic mass is 9.95. The van der Waals surface area contributed by atoms with E-state index < -0.39 is 5.54 Å². The molecule has 3 nitrogen and oxygen atoms in total. The number of amides is 1. The molecule has 4 heteroatoms. The Morgan fingerprint density at radius 3 is 2.62 bits per heavy atom. The third-order valence-corrected chi connectivity index (χ3v) is 5.05. The van der Waals surface area contributed by atoms with Gasteiger partial charge in [0.15, 0.2) is 0 Å². The van der Waals surface area contributed by atoms with Crippen molar-refractivity contribution in [3.63, 3.8) is 0 Å². The van der Waals surface area contributed by atoms with Crippen LogP contribution in [0.15, 0.2) is 0 Å². The molecule has 1 aliphatic carbocycles. The Morgan fingerprint density at radius 2 is 2.25 bits per heavy atom. The molecule has 1 saturated carbocycles. The molecule has 1 fully saturated rings. The van der Waals surface area contributed by atoms with Gasteiger partial charge in [-0.2, -0.15) is 11.8 Å². The number of thioether (sulfide) groups is 1. The topological polar surface area (TPSA) is 55.1 Å². The molecule has 0 spiro atoms. The zero-order chi connectivity index (χ0) is 12.2. The molecule has 2 atom stereocenters. The summed E-state index contributed by atoms with van der Waals surface area (Å²) in [4.78, 5) is 11.6. The van der Waals surface area contributed by atoms with Crippen LogP contribution in [0.5, 0.6) is 0 Å². The monoisotopic (exact) mass is 244 g/mol. The average molecular weight is 244 g/mol. The van der Waals surface area contributed by atoms with Crippen molar-refractivity contribution in [3.8, 4) is 0 Å². The fourth-order valence-corrected chi connectivity index (χ4v) is 3.50. The van der Waals surface area contributed by atoms with Crippen LogP contribution in [0, 0.1) is 11.8 Å². The van der Waals surface area contributed by atoms with Gasteiger partial charge in [-0.1, -0.05) is 20.3 Å². The van der Waals surface area contributed by atoms with Crippen molar-refractivity contribution in [3.05, 3.63) is 0 Å². The molecule has 94 valence electrons. The molecule has 16 heavy (non-hydrogen) atoms. The molecule has 1 amide bonds. The standard InChI is InChI=1S/C12H24N2OS/c1-4-9(2)7-16-8-12(14-3,11(13)15)10-5-6-10/h9-10,14H,4-8H2,1-3H3,(H2,13,15).